The Hall–Kier alpha value is -7.34. The summed E-state index contributed by atoms with van der Waals surface area (Å²) in [5.41, 5.74) is 11.1. The first kappa shape index (κ1) is 35.8. The van der Waals surface area contributed by atoms with Gasteiger partial charge in [-0.05, 0) is 98.6 Å². The van der Waals surface area contributed by atoms with Gasteiger partial charge in [-0.15, -0.1) is 0 Å². The Morgan fingerprint density at radius 2 is 1.05 bits per heavy atom. The van der Waals surface area contributed by atoms with Gasteiger partial charge in [0.25, 0.3) is 0 Å². The summed E-state index contributed by atoms with van der Waals surface area (Å²) in [6.07, 6.45) is 3.80. The normalized spacial score (nSPS) is 13.3. The molecule has 7 aromatic carbocycles. The smallest absolute Gasteiger partial charge is 0.179 e. The molecule has 0 unspecified atom stereocenters. The van der Waals surface area contributed by atoms with Crippen LogP contribution in [0, 0.1) is 0 Å². The van der Waals surface area contributed by atoms with E-state index in [1.165, 1.54) is 48.6 Å². The highest BCUT2D eigenvalue weighted by Crippen LogP contribution is 2.53. The molecule has 1 aliphatic rings. The zero-order valence-electron chi connectivity index (χ0n) is 33.6. The van der Waals surface area contributed by atoms with Crippen molar-refractivity contribution in [2.75, 3.05) is 4.90 Å². The number of para-hydroxylation sites is 2. The predicted octanol–water partition coefficient (Wildman–Crippen LogP) is 10.7. The van der Waals surface area contributed by atoms with Crippen molar-refractivity contribution < 1.29 is 0 Å². The van der Waals surface area contributed by atoms with E-state index in [4.69, 9.17) is 9.97 Å². The first-order valence-electron chi connectivity index (χ1n) is 20.7. The SMILES string of the molecule is CC1(C)c2ccccc2N(c2ccccc2)c2cc3c(cc21)c1cccnc1n3-c1cccc([Si](c2ccccc2)(c2ccccc2)c2cccc(-c3ccccn3)c2)c1. The van der Waals surface area contributed by atoms with Gasteiger partial charge in [-0.1, -0.05) is 153 Å². The topological polar surface area (TPSA) is 34.0 Å². The van der Waals surface area contributed by atoms with E-state index >= 15 is 0 Å². The zero-order chi connectivity index (χ0) is 40.3. The van der Waals surface area contributed by atoms with Crippen LogP contribution in [0.5, 0.6) is 0 Å². The summed E-state index contributed by atoms with van der Waals surface area (Å²) in [5.74, 6) is 0. The van der Waals surface area contributed by atoms with E-state index in [0.29, 0.717) is 0 Å². The van der Waals surface area contributed by atoms with Crippen LogP contribution in [-0.2, 0) is 5.41 Å². The monoisotopic (exact) mass is 786 g/mol. The molecule has 4 nitrogen and oxygen atoms in total. The molecule has 1 aliphatic heterocycles. The van der Waals surface area contributed by atoms with Gasteiger partial charge in [0.15, 0.2) is 8.07 Å². The van der Waals surface area contributed by atoms with Crippen molar-refractivity contribution in [3.63, 3.8) is 0 Å². The van der Waals surface area contributed by atoms with Crippen LogP contribution in [0.2, 0.25) is 0 Å². The maximum atomic E-state index is 5.14. The molecule has 0 atom stereocenters. The van der Waals surface area contributed by atoms with E-state index in [0.717, 1.165) is 39.2 Å². The molecule has 0 N–H and O–H groups in total. The molecular formula is C55H42N4Si. The third-order valence-electron chi connectivity index (χ3n) is 12.6. The molecule has 60 heavy (non-hydrogen) atoms. The minimum absolute atomic E-state index is 0.234. The molecule has 0 aliphatic carbocycles. The van der Waals surface area contributed by atoms with Crippen LogP contribution < -0.4 is 25.6 Å². The number of fused-ring (bicyclic) bond motifs is 5. The number of aromatic nitrogens is 3. The van der Waals surface area contributed by atoms with Crippen molar-refractivity contribution in [2.45, 2.75) is 19.3 Å². The van der Waals surface area contributed by atoms with Gasteiger partial charge in [0.1, 0.15) is 5.65 Å². The van der Waals surface area contributed by atoms with Gasteiger partial charge < -0.3 is 4.90 Å². The van der Waals surface area contributed by atoms with Crippen LogP contribution in [0.4, 0.5) is 17.1 Å². The summed E-state index contributed by atoms with van der Waals surface area (Å²) >= 11 is 0. The number of pyridine rings is 2. The lowest BCUT2D eigenvalue weighted by atomic mass is 9.73. The average Bonchev–Trinajstić information content (AvgIpc) is 3.64. The molecule has 5 heteroatoms. The third kappa shape index (κ3) is 5.50. The molecule has 0 bridgehead atoms. The van der Waals surface area contributed by atoms with Gasteiger partial charge in [0.2, 0.25) is 0 Å². The molecule has 0 saturated carbocycles. The average molecular weight is 787 g/mol. The Morgan fingerprint density at radius 1 is 0.433 bits per heavy atom. The molecule has 0 fully saturated rings. The summed E-state index contributed by atoms with van der Waals surface area (Å²) in [6.45, 7) is 4.72. The largest absolute Gasteiger partial charge is 0.310 e. The second-order valence-corrected chi connectivity index (χ2v) is 20.0. The van der Waals surface area contributed by atoms with E-state index in [9.17, 15) is 0 Å². The first-order valence-corrected chi connectivity index (χ1v) is 22.7. The zero-order valence-corrected chi connectivity index (χ0v) is 34.6. The minimum Gasteiger partial charge on any atom is -0.310 e. The molecule has 0 saturated heterocycles. The Labute approximate surface area is 351 Å². The fourth-order valence-corrected chi connectivity index (χ4v) is 14.7. The molecule has 3 aromatic heterocycles. The van der Waals surface area contributed by atoms with Crippen molar-refractivity contribution in [2.24, 2.45) is 0 Å². The van der Waals surface area contributed by atoms with E-state index in [2.05, 4.69) is 224 Å². The van der Waals surface area contributed by atoms with Gasteiger partial charge >= 0.3 is 0 Å². The molecule has 4 heterocycles. The molecule has 11 rings (SSSR count). The minimum atomic E-state index is -2.95. The number of hydrogen-bond acceptors (Lipinski definition) is 3. The number of anilines is 3. The molecule has 286 valence electrons. The number of hydrogen-bond donors (Lipinski definition) is 0. The molecule has 10 aromatic rings. The highest BCUT2D eigenvalue weighted by atomic mass is 28.3. The quantitative estimate of drug-likeness (QED) is 0.119. The van der Waals surface area contributed by atoms with E-state index in [-0.39, 0.29) is 5.41 Å². The summed E-state index contributed by atoms with van der Waals surface area (Å²) < 4.78 is 2.39. The fourth-order valence-electron chi connectivity index (χ4n) is 9.85. The van der Waals surface area contributed by atoms with Crippen molar-refractivity contribution in [3.8, 4) is 16.9 Å². The second kappa shape index (κ2) is 14.2. The molecule has 0 radical (unpaired) electrons. The van der Waals surface area contributed by atoms with Gasteiger partial charge in [-0.3, -0.25) is 9.55 Å². The highest BCUT2D eigenvalue weighted by molar-refractivity contribution is 7.20. The maximum absolute atomic E-state index is 5.14. The van der Waals surface area contributed by atoms with Crippen LogP contribution in [0.25, 0.3) is 38.9 Å². The lowest BCUT2D eigenvalue weighted by Crippen LogP contribution is -2.74. The maximum Gasteiger partial charge on any atom is 0.179 e. The summed E-state index contributed by atoms with van der Waals surface area (Å²) in [6, 6.07) is 75.6. The van der Waals surface area contributed by atoms with Crippen LogP contribution in [0.1, 0.15) is 25.0 Å². The Bertz CT molecular complexity index is 3140. The predicted molar refractivity (Wildman–Crippen MR) is 252 cm³/mol. The van der Waals surface area contributed by atoms with Crippen molar-refractivity contribution in [3.05, 3.63) is 230 Å². The van der Waals surface area contributed by atoms with Crippen LogP contribution in [-0.4, -0.2) is 22.6 Å². The van der Waals surface area contributed by atoms with Crippen LogP contribution in [0.3, 0.4) is 0 Å². The third-order valence-corrected chi connectivity index (χ3v) is 17.4. The number of benzene rings is 7. The number of nitrogens with zero attached hydrogens (tertiary/aromatic N) is 4. The molecule has 0 spiro atoms. The van der Waals surface area contributed by atoms with Gasteiger partial charge in [-0.25, -0.2) is 4.98 Å². The van der Waals surface area contributed by atoms with E-state index in [1.807, 2.05) is 18.5 Å². The Balaban J connectivity index is 1.20. The molecule has 0 amide bonds. The summed E-state index contributed by atoms with van der Waals surface area (Å²) in [4.78, 5) is 12.4. The second-order valence-electron chi connectivity index (χ2n) is 16.2. The lowest BCUT2D eigenvalue weighted by Gasteiger charge is -2.42. The number of rotatable bonds is 7. The standard InChI is InChI=1S/C55H42N4Si/c1-55(2)48-30-12-13-32-51(48)58(40-20-6-3-7-21-40)53-38-52-47(37-49(53)55)46-29-18-34-57-54(46)59(52)41-22-17-28-45(36-41)60(42-23-8-4-9-24-42,43-25-10-5-11-26-43)44-27-16-19-39(35-44)50-31-14-15-33-56-50/h3-38H,1-2H3. The Kier molecular flexibility index (Phi) is 8.46. The highest BCUT2D eigenvalue weighted by Gasteiger charge is 2.42. The summed E-state index contributed by atoms with van der Waals surface area (Å²) in [7, 11) is -2.95. The van der Waals surface area contributed by atoms with Crippen molar-refractivity contribution in [1.29, 1.82) is 0 Å². The Morgan fingerprint density at radius 3 is 1.78 bits per heavy atom. The van der Waals surface area contributed by atoms with Gasteiger partial charge in [0, 0.05) is 45.5 Å². The van der Waals surface area contributed by atoms with Crippen molar-refractivity contribution >= 4 is 67.8 Å². The first-order chi connectivity index (χ1) is 29.5. The van der Waals surface area contributed by atoms with Crippen molar-refractivity contribution in [1.82, 2.24) is 14.5 Å². The van der Waals surface area contributed by atoms with E-state index in [1.54, 1.807) is 0 Å². The lowest BCUT2D eigenvalue weighted by molar-refractivity contribution is 0.633. The molecular weight excluding hydrogens is 745 g/mol. The van der Waals surface area contributed by atoms with Gasteiger partial charge in [0.05, 0.1) is 22.6 Å². The summed E-state index contributed by atoms with van der Waals surface area (Å²) in [5, 5.41) is 7.56. The van der Waals surface area contributed by atoms with Gasteiger partial charge in [-0.2, -0.15) is 0 Å². The van der Waals surface area contributed by atoms with E-state index < -0.39 is 8.07 Å². The fraction of sp³-hybridized carbons (Fsp3) is 0.0545. The van der Waals surface area contributed by atoms with Crippen LogP contribution >= 0.6 is 0 Å². The van der Waals surface area contributed by atoms with Crippen LogP contribution in [0.15, 0.2) is 219 Å².